The van der Waals surface area contributed by atoms with Crippen molar-refractivity contribution in [2.24, 2.45) is 0 Å². The molecule has 0 unspecified atom stereocenters. The topological polar surface area (TPSA) is 69.6 Å². The fraction of sp³-hybridized carbons (Fsp3) is 0.300. The molecule has 0 bridgehead atoms. The number of rotatable bonds is 5. The molecule has 0 heterocycles. The number of aliphatic carboxylic acids is 1. The maximum atomic E-state index is 10.2. The van der Waals surface area contributed by atoms with Gasteiger partial charge >= 0.3 is 5.97 Å². The van der Waals surface area contributed by atoms with Gasteiger partial charge in [0.15, 0.2) is 0 Å². The third-order valence-electron chi connectivity index (χ3n) is 1.76. The minimum absolute atomic E-state index is 0.110. The standard InChI is InChI=1S/C10H13NO3/c12-9-3-1-2-8(6-9)7-11-5-4-10(13)14/h1-3,6,11-12H,4-5,7H2,(H,13,14). The highest BCUT2D eigenvalue weighted by molar-refractivity contribution is 5.66. The fourth-order valence-corrected chi connectivity index (χ4v) is 1.09. The van der Waals surface area contributed by atoms with E-state index < -0.39 is 5.97 Å². The summed E-state index contributed by atoms with van der Waals surface area (Å²) in [5, 5.41) is 20.5. The molecule has 0 saturated heterocycles. The molecule has 1 aromatic carbocycles. The Balaban J connectivity index is 2.28. The van der Waals surface area contributed by atoms with E-state index in [9.17, 15) is 4.79 Å². The van der Waals surface area contributed by atoms with Gasteiger partial charge in [0.1, 0.15) is 5.75 Å². The van der Waals surface area contributed by atoms with E-state index >= 15 is 0 Å². The maximum Gasteiger partial charge on any atom is 0.304 e. The first-order chi connectivity index (χ1) is 6.68. The first-order valence-corrected chi connectivity index (χ1v) is 4.39. The summed E-state index contributed by atoms with van der Waals surface area (Å²) >= 11 is 0. The normalized spacial score (nSPS) is 10.0. The zero-order valence-electron chi connectivity index (χ0n) is 7.73. The summed E-state index contributed by atoms with van der Waals surface area (Å²) in [5.41, 5.74) is 0.940. The Bertz CT molecular complexity index is 312. The number of carboxylic acids is 1. The summed E-state index contributed by atoms with van der Waals surface area (Å²) in [4.78, 5) is 10.2. The second-order valence-electron chi connectivity index (χ2n) is 2.99. The van der Waals surface area contributed by atoms with Crippen LogP contribution in [0.2, 0.25) is 0 Å². The van der Waals surface area contributed by atoms with Crippen LogP contribution in [0.25, 0.3) is 0 Å². The molecular weight excluding hydrogens is 182 g/mol. The summed E-state index contributed by atoms with van der Waals surface area (Å²) in [5.74, 6) is -0.587. The predicted molar refractivity (Wildman–Crippen MR) is 52.1 cm³/mol. The lowest BCUT2D eigenvalue weighted by Gasteiger charge is -2.03. The summed E-state index contributed by atoms with van der Waals surface area (Å²) in [6, 6.07) is 6.87. The van der Waals surface area contributed by atoms with E-state index in [4.69, 9.17) is 10.2 Å². The van der Waals surface area contributed by atoms with Crippen LogP contribution < -0.4 is 5.32 Å². The molecule has 0 aliphatic heterocycles. The molecule has 1 rings (SSSR count). The minimum Gasteiger partial charge on any atom is -0.508 e. The smallest absolute Gasteiger partial charge is 0.304 e. The zero-order chi connectivity index (χ0) is 10.4. The van der Waals surface area contributed by atoms with E-state index in [0.717, 1.165) is 5.56 Å². The second-order valence-corrected chi connectivity index (χ2v) is 2.99. The Labute approximate surface area is 82.2 Å². The van der Waals surface area contributed by atoms with Gasteiger partial charge < -0.3 is 15.5 Å². The Kier molecular flexibility index (Phi) is 3.94. The molecule has 0 spiro atoms. The number of hydrogen-bond donors (Lipinski definition) is 3. The van der Waals surface area contributed by atoms with E-state index in [1.165, 1.54) is 0 Å². The van der Waals surface area contributed by atoms with Crippen LogP contribution in [0.1, 0.15) is 12.0 Å². The van der Waals surface area contributed by atoms with Gasteiger partial charge in [-0.3, -0.25) is 4.79 Å². The van der Waals surface area contributed by atoms with Crippen molar-refractivity contribution in [2.45, 2.75) is 13.0 Å². The Morgan fingerprint density at radius 2 is 2.21 bits per heavy atom. The number of nitrogens with one attached hydrogen (secondary N) is 1. The van der Waals surface area contributed by atoms with E-state index in [1.54, 1.807) is 18.2 Å². The third-order valence-corrected chi connectivity index (χ3v) is 1.76. The summed E-state index contributed by atoms with van der Waals surface area (Å²) in [6.45, 7) is 1.01. The lowest BCUT2D eigenvalue weighted by molar-refractivity contribution is -0.136. The van der Waals surface area contributed by atoms with Crippen molar-refractivity contribution in [1.82, 2.24) is 5.32 Å². The highest BCUT2D eigenvalue weighted by atomic mass is 16.4. The lowest BCUT2D eigenvalue weighted by Crippen LogP contribution is -2.17. The molecule has 0 fully saturated rings. The Hall–Kier alpha value is -1.55. The molecule has 0 aromatic heterocycles. The van der Waals surface area contributed by atoms with E-state index in [1.807, 2.05) is 6.07 Å². The number of aromatic hydroxyl groups is 1. The number of carboxylic acid groups (broad SMARTS) is 1. The van der Waals surface area contributed by atoms with Crippen molar-refractivity contribution in [1.29, 1.82) is 0 Å². The average molecular weight is 195 g/mol. The van der Waals surface area contributed by atoms with Gasteiger partial charge in [-0.1, -0.05) is 12.1 Å². The lowest BCUT2D eigenvalue weighted by atomic mass is 10.2. The fourth-order valence-electron chi connectivity index (χ4n) is 1.09. The Morgan fingerprint density at radius 3 is 2.86 bits per heavy atom. The van der Waals surface area contributed by atoms with Crippen LogP contribution in [-0.2, 0) is 11.3 Å². The van der Waals surface area contributed by atoms with Gasteiger partial charge in [-0.15, -0.1) is 0 Å². The highest BCUT2D eigenvalue weighted by Crippen LogP contribution is 2.10. The predicted octanol–water partition coefficient (Wildman–Crippen LogP) is 0.956. The van der Waals surface area contributed by atoms with Crippen molar-refractivity contribution in [3.8, 4) is 5.75 Å². The van der Waals surface area contributed by atoms with Gasteiger partial charge in [-0.2, -0.15) is 0 Å². The zero-order valence-corrected chi connectivity index (χ0v) is 7.73. The molecule has 1 aromatic rings. The van der Waals surface area contributed by atoms with Crippen LogP contribution in [0.15, 0.2) is 24.3 Å². The van der Waals surface area contributed by atoms with Crippen LogP contribution in [0.4, 0.5) is 0 Å². The Morgan fingerprint density at radius 1 is 1.43 bits per heavy atom. The molecule has 4 heteroatoms. The number of phenols is 1. The molecule has 0 atom stereocenters. The SMILES string of the molecule is O=C(O)CCNCc1cccc(O)c1. The maximum absolute atomic E-state index is 10.2. The first-order valence-electron chi connectivity index (χ1n) is 4.39. The molecule has 76 valence electrons. The largest absolute Gasteiger partial charge is 0.508 e. The highest BCUT2D eigenvalue weighted by Gasteiger charge is 1.97. The van der Waals surface area contributed by atoms with E-state index in [0.29, 0.717) is 13.1 Å². The first kappa shape index (κ1) is 10.5. The van der Waals surface area contributed by atoms with Crippen LogP contribution in [0, 0.1) is 0 Å². The van der Waals surface area contributed by atoms with Crippen LogP contribution in [0.5, 0.6) is 5.75 Å². The molecule has 14 heavy (non-hydrogen) atoms. The van der Waals surface area contributed by atoms with E-state index in [-0.39, 0.29) is 12.2 Å². The van der Waals surface area contributed by atoms with Crippen molar-refractivity contribution in [2.75, 3.05) is 6.54 Å². The quantitative estimate of drug-likeness (QED) is 0.612. The third kappa shape index (κ3) is 3.91. The van der Waals surface area contributed by atoms with Crippen LogP contribution in [0.3, 0.4) is 0 Å². The second kappa shape index (κ2) is 5.24. The number of hydrogen-bond acceptors (Lipinski definition) is 3. The summed E-state index contributed by atoms with van der Waals surface area (Å²) in [7, 11) is 0. The van der Waals surface area contributed by atoms with Gasteiger partial charge in [0.25, 0.3) is 0 Å². The van der Waals surface area contributed by atoms with Crippen LogP contribution >= 0.6 is 0 Å². The van der Waals surface area contributed by atoms with Gasteiger partial charge in [-0.05, 0) is 17.7 Å². The monoisotopic (exact) mass is 195 g/mol. The molecule has 4 nitrogen and oxygen atoms in total. The van der Waals surface area contributed by atoms with Crippen molar-refractivity contribution in [3.05, 3.63) is 29.8 Å². The number of benzene rings is 1. The summed E-state index contributed by atoms with van der Waals surface area (Å²) in [6.07, 6.45) is 0.110. The van der Waals surface area contributed by atoms with Crippen molar-refractivity contribution < 1.29 is 15.0 Å². The summed E-state index contributed by atoms with van der Waals surface area (Å²) < 4.78 is 0. The van der Waals surface area contributed by atoms with Gasteiger partial charge in [0.05, 0.1) is 6.42 Å². The number of phenolic OH excluding ortho intramolecular Hbond substituents is 1. The average Bonchev–Trinajstić information content (AvgIpc) is 2.12. The van der Waals surface area contributed by atoms with Crippen LogP contribution in [-0.4, -0.2) is 22.7 Å². The van der Waals surface area contributed by atoms with Crippen molar-refractivity contribution >= 4 is 5.97 Å². The van der Waals surface area contributed by atoms with E-state index in [2.05, 4.69) is 5.32 Å². The van der Waals surface area contributed by atoms with Crippen molar-refractivity contribution in [3.63, 3.8) is 0 Å². The minimum atomic E-state index is -0.812. The molecule has 0 radical (unpaired) electrons. The van der Waals surface area contributed by atoms with Gasteiger partial charge in [0, 0.05) is 13.1 Å². The molecule has 0 amide bonds. The molecule has 0 saturated carbocycles. The van der Waals surface area contributed by atoms with Gasteiger partial charge in [0.2, 0.25) is 0 Å². The molecular formula is C10H13NO3. The molecule has 0 aliphatic rings. The molecule has 3 N–H and O–H groups in total. The van der Waals surface area contributed by atoms with Gasteiger partial charge in [-0.25, -0.2) is 0 Å². The molecule has 0 aliphatic carbocycles. The number of carbonyl (C=O) groups is 1.